The van der Waals surface area contributed by atoms with Crippen LogP contribution < -0.4 is 4.90 Å². The van der Waals surface area contributed by atoms with E-state index in [4.69, 9.17) is 0 Å². The Labute approximate surface area is 120 Å². The lowest BCUT2D eigenvalue weighted by molar-refractivity contribution is 0.619. The van der Waals surface area contributed by atoms with Crippen molar-refractivity contribution in [2.75, 3.05) is 17.2 Å². The molecule has 102 valence electrons. The summed E-state index contributed by atoms with van der Waals surface area (Å²) in [7, 11) is 0. The molecule has 0 aliphatic heterocycles. The Balaban J connectivity index is 2.36. The quantitative estimate of drug-likeness (QED) is 0.743. The molecule has 19 heavy (non-hydrogen) atoms. The zero-order valence-electron chi connectivity index (χ0n) is 11.9. The molecule has 1 aliphatic rings. The fourth-order valence-corrected chi connectivity index (χ4v) is 3.77. The normalized spacial score (nSPS) is 15.4. The first-order valence-corrected chi connectivity index (χ1v) is 8.22. The predicted octanol–water partition coefficient (Wildman–Crippen LogP) is 4.44. The van der Waals surface area contributed by atoms with Gasteiger partial charge < -0.3 is 4.90 Å². The van der Waals surface area contributed by atoms with E-state index in [9.17, 15) is 5.26 Å². The number of anilines is 1. The van der Waals surface area contributed by atoms with Crippen molar-refractivity contribution >= 4 is 17.4 Å². The molecule has 3 heteroatoms. The van der Waals surface area contributed by atoms with Crippen LogP contribution in [0.15, 0.2) is 23.1 Å². The monoisotopic (exact) mass is 274 g/mol. The van der Waals surface area contributed by atoms with E-state index in [2.05, 4.69) is 43.0 Å². The van der Waals surface area contributed by atoms with E-state index in [0.29, 0.717) is 6.04 Å². The maximum Gasteiger partial charge on any atom is 0.103 e. The van der Waals surface area contributed by atoms with Gasteiger partial charge in [-0.3, -0.25) is 0 Å². The lowest BCUT2D eigenvalue weighted by atomic mass is 10.1. The lowest BCUT2D eigenvalue weighted by Crippen LogP contribution is -2.33. The Morgan fingerprint density at radius 2 is 2.05 bits per heavy atom. The molecule has 0 atom stereocenters. The van der Waals surface area contributed by atoms with Crippen LogP contribution in [-0.4, -0.2) is 18.3 Å². The highest BCUT2D eigenvalue weighted by Crippen LogP contribution is 2.34. The molecule has 0 aromatic heterocycles. The number of rotatable bonds is 5. The van der Waals surface area contributed by atoms with Crippen molar-refractivity contribution in [2.24, 2.45) is 0 Å². The summed E-state index contributed by atoms with van der Waals surface area (Å²) >= 11 is 1.76. The summed E-state index contributed by atoms with van der Waals surface area (Å²) in [6, 6.07) is 9.32. The Bertz CT molecular complexity index is 458. The molecular formula is C16H22N2S. The fraction of sp³-hybridized carbons (Fsp3) is 0.562. The van der Waals surface area contributed by atoms with E-state index in [0.717, 1.165) is 28.4 Å². The number of hydrogen-bond donors (Lipinski definition) is 0. The van der Waals surface area contributed by atoms with Crippen molar-refractivity contribution in [1.29, 1.82) is 5.26 Å². The minimum Gasteiger partial charge on any atom is -0.368 e. The minimum absolute atomic E-state index is 0.624. The number of nitriles is 1. The number of thioether (sulfide) groups is 1. The van der Waals surface area contributed by atoms with Crippen LogP contribution in [0.2, 0.25) is 0 Å². The zero-order valence-corrected chi connectivity index (χ0v) is 12.7. The molecule has 0 unspecified atom stereocenters. The standard InChI is InChI=1S/C16H22N2S/c1-3-18(13-8-5-6-9-13)15-10-7-11-16(19-4-2)14(15)12-17/h7,10-11,13H,3-6,8-9H2,1-2H3. The molecule has 1 fully saturated rings. The number of hydrogen-bond acceptors (Lipinski definition) is 3. The van der Waals surface area contributed by atoms with Gasteiger partial charge in [0.25, 0.3) is 0 Å². The average molecular weight is 274 g/mol. The third-order valence-electron chi connectivity index (χ3n) is 3.83. The smallest absolute Gasteiger partial charge is 0.103 e. The first kappa shape index (κ1) is 14.3. The van der Waals surface area contributed by atoms with Crippen molar-refractivity contribution in [3.8, 4) is 6.07 Å². The molecule has 0 heterocycles. The SMILES string of the molecule is CCSc1cccc(N(CC)C2CCCC2)c1C#N. The summed E-state index contributed by atoms with van der Waals surface area (Å²) in [6.07, 6.45) is 5.19. The highest BCUT2D eigenvalue weighted by molar-refractivity contribution is 7.99. The van der Waals surface area contributed by atoms with Gasteiger partial charge in [-0.15, -0.1) is 11.8 Å². The van der Waals surface area contributed by atoms with Gasteiger partial charge in [-0.25, -0.2) is 0 Å². The van der Waals surface area contributed by atoms with Gasteiger partial charge in [0.05, 0.1) is 11.3 Å². The Hall–Kier alpha value is -1.14. The minimum atomic E-state index is 0.624. The van der Waals surface area contributed by atoms with Crippen molar-refractivity contribution in [3.63, 3.8) is 0 Å². The van der Waals surface area contributed by atoms with Crippen LogP contribution in [0.1, 0.15) is 45.1 Å². The maximum absolute atomic E-state index is 9.52. The predicted molar refractivity (Wildman–Crippen MR) is 82.8 cm³/mol. The van der Waals surface area contributed by atoms with Crippen molar-refractivity contribution < 1.29 is 0 Å². The second-order valence-corrected chi connectivity index (χ2v) is 6.23. The molecule has 0 amide bonds. The van der Waals surface area contributed by atoms with Crippen LogP contribution in [0.25, 0.3) is 0 Å². The van der Waals surface area contributed by atoms with E-state index in [1.165, 1.54) is 25.7 Å². The molecule has 1 saturated carbocycles. The molecule has 1 aromatic rings. The third kappa shape index (κ3) is 3.06. The summed E-state index contributed by atoms with van der Waals surface area (Å²) in [4.78, 5) is 3.56. The van der Waals surface area contributed by atoms with Gasteiger partial charge in [-0.05, 0) is 37.7 Å². The van der Waals surface area contributed by atoms with Crippen molar-refractivity contribution in [3.05, 3.63) is 23.8 Å². The summed E-state index contributed by atoms with van der Waals surface area (Å²) in [5.74, 6) is 1.01. The largest absolute Gasteiger partial charge is 0.368 e. The highest BCUT2D eigenvalue weighted by Gasteiger charge is 2.24. The molecule has 0 N–H and O–H groups in total. The van der Waals surface area contributed by atoms with E-state index in [1.807, 2.05) is 0 Å². The van der Waals surface area contributed by atoms with Crippen LogP contribution in [-0.2, 0) is 0 Å². The van der Waals surface area contributed by atoms with E-state index in [-0.39, 0.29) is 0 Å². The Kier molecular flexibility index (Phi) is 5.15. The molecular weight excluding hydrogens is 252 g/mol. The Morgan fingerprint density at radius 3 is 2.63 bits per heavy atom. The van der Waals surface area contributed by atoms with Gasteiger partial charge in [0.15, 0.2) is 0 Å². The third-order valence-corrected chi connectivity index (χ3v) is 4.77. The molecule has 1 aliphatic carbocycles. The molecule has 2 nitrogen and oxygen atoms in total. The zero-order chi connectivity index (χ0) is 13.7. The van der Waals surface area contributed by atoms with Gasteiger partial charge in [0, 0.05) is 17.5 Å². The molecule has 0 spiro atoms. The van der Waals surface area contributed by atoms with Crippen LogP contribution in [0, 0.1) is 11.3 Å². The van der Waals surface area contributed by atoms with Crippen LogP contribution in [0.4, 0.5) is 5.69 Å². The summed E-state index contributed by atoms with van der Waals surface area (Å²) in [5.41, 5.74) is 2.00. The molecule has 0 saturated heterocycles. The molecule has 0 bridgehead atoms. The number of nitrogens with zero attached hydrogens (tertiary/aromatic N) is 2. The van der Waals surface area contributed by atoms with E-state index in [1.54, 1.807) is 11.8 Å². The second kappa shape index (κ2) is 6.86. The second-order valence-electron chi connectivity index (χ2n) is 4.92. The topological polar surface area (TPSA) is 27.0 Å². The average Bonchev–Trinajstić information content (AvgIpc) is 2.94. The van der Waals surface area contributed by atoms with Crippen LogP contribution in [0.5, 0.6) is 0 Å². The fourth-order valence-electron chi connectivity index (χ4n) is 2.99. The first-order chi connectivity index (χ1) is 9.31. The Morgan fingerprint density at radius 1 is 1.32 bits per heavy atom. The van der Waals surface area contributed by atoms with Crippen LogP contribution in [0.3, 0.4) is 0 Å². The molecule has 2 rings (SSSR count). The summed E-state index contributed by atoms with van der Waals surface area (Å²) < 4.78 is 0. The van der Waals surface area contributed by atoms with E-state index >= 15 is 0 Å². The maximum atomic E-state index is 9.52. The van der Waals surface area contributed by atoms with Gasteiger partial charge in [0.2, 0.25) is 0 Å². The first-order valence-electron chi connectivity index (χ1n) is 7.24. The highest BCUT2D eigenvalue weighted by atomic mass is 32.2. The lowest BCUT2D eigenvalue weighted by Gasteiger charge is -2.31. The van der Waals surface area contributed by atoms with Gasteiger partial charge >= 0.3 is 0 Å². The van der Waals surface area contributed by atoms with Gasteiger partial charge in [-0.2, -0.15) is 5.26 Å². The van der Waals surface area contributed by atoms with Crippen molar-refractivity contribution in [2.45, 2.75) is 50.5 Å². The van der Waals surface area contributed by atoms with Crippen molar-refractivity contribution in [1.82, 2.24) is 0 Å². The van der Waals surface area contributed by atoms with E-state index < -0.39 is 0 Å². The van der Waals surface area contributed by atoms with Gasteiger partial charge in [-0.1, -0.05) is 25.8 Å². The molecule has 0 radical (unpaired) electrons. The number of benzene rings is 1. The summed E-state index contributed by atoms with van der Waals surface area (Å²) in [5, 5.41) is 9.52. The summed E-state index contributed by atoms with van der Waals surface area (Å²) in [6.45, 7) is 5.31. The van der Waals surface area contributed by atoms with Gasteiger partial charge in [0.1, 0.15) is 6.07 Å². The molecule has 1 aromatic carbocycles. The van der Waals surface area contributed by atoms with Crippen LogP contribution >= 0.6 is 11.8 Å².